The van der Waals surface area contributed by atoms with Crippen molar-refractivity contribution in [2.75, 3.05) is 6.54 Å². The van der Waals surface area contributed by atoms with Crippen molar-refractivity contribution >= 4 is 0 Å². The molecule has 0 fully saturated rings. The van der Waals surface area contributed by atoms with E-state index in [-0.39, 0.29) is 0 Å². The summed E-state index contributed by atoms with van der Waals surface area (Å²) in [5, 5.41) is 3.41. The number of rotatable bonds is 0. The van der Waals surface area contributed by atoms with Crippen molar-refractivity contribution in [3.8, 4) is 0 Å². The van der Waals surface area contributed by atoms with Gasteiger partial charge in [-0.1, -0.05) is 25.2 Å². The van der Waals surface area contributed by atoms with E-state index in [4.69, 9.17) is 0 Å². The predicted molar refractivity (Wildman–Crippen MR) is 47.1 cm³/mol. The summed E-state index contributed by atoms with van der Waals surface area (Å²) in [4.78, 5) is 0. The maximum Gasteiger partial charge on any atom is 0.0372 e. The highest BCUT2D eigenvalue weighted by molar-refractivity contribution is 5.39. The third-order valence-electron chi connectivity index (χ3n) is 2.18. The molecule has 1 heterocycles. The van der Waals surface area contributed by atoms with Crippen LogP contribution in [0.4, 0.5) is 0 Å². The molecule has 0 saturated heterocycles. The monoisotopic (exact) mass is 147 g/mol. The summed E-state index contributed by atoms with van der Waals surface area (Å²) in [5.41, 5.74) is 2.79. The van der Waals surface area contributed by atoms with Crippen LogP contribution in [0.2, 0.25) is 0 Å². The van der Waals surface area contributed by atoms with E-state index in [1.54, 1.807) is 0 Å². The predicted octanol–water partition coefficient (Wildman–Crippen LogP) is 2.00. The second-order valence-corrected chi connectivity index (χ2v) is 3.26. The zero-order chi connectivity index (χ0) is 7.68. The Bertz CT molecular complexity index is 246. The van der Waals surface area contributed by atoms with Gasteiger partial charge in [0, 0.05) is 12.2 Å². The summed E-state index contributed by atoms with van der Waals surface area (Å²) in [6, 6.07) is 0. The van der Waals surface area contributed by atoms with E-state index in [0.717, 1.165) is 13.0 Å². The summed E-state index contributed by atoms with van der Waals surface area (Å²) in [6.45, 7) is 3.33. The maximum absolute atomic E-state index is 3.41. The first-order chi connectivity index (χ1) is 5.36. The Labute approximate surface area is 67.5 Å². The quantitative estimate of drug-likeness (QED) is 0.552. The average Bonchev–Trinajstić information content (AvgIpc) is 2.04. The van der Waals surface area contributed by atoms with Crippen LogP contribution in [0.15, 0.2) is 35.6 Å². The number of allylic oxidation sites excluding steroid dienone is 4. The first-order valence-corrected chi connectivity index (χ1v) is 4.18. The largest absolute Gasteiger partial charge is 0.384 e. The van der Waals surface area contributed by atoms with Gasteiger partial charge >= 0.3 is 0 Å². The number of nitrogens with one attached hydrogen (secondary N) is 1. The van der Waals surface area contributed by atoms with Gasteiger partial charge in [-0.25, -0.2) is 0 Å². The van der Waals surface area contributed by atoms with Gasteiger partial charge < -0.3 is 5.32 Å². The lowest BCUT2D eigenvalue weighted by atomic mass is 9.95. The van der Waals surface area contributed by atoms with Crippen LogP contribution in [-0.4, -0.2) is 6.54 Å². The molecule has 0 amide bonds. The van der Waals surface area contributed by atoms with Gasteiger partial charge in [-0.2, -0.15) is 0 Å². The Morgan fingerprint density at radius 1 is 1.55 bits per heavy atom. The van der Waals surface area contributed by atoms with Crippen LogP contribution < -0.4 is 5.32 Å². The topological polar surface area (TPSA) is 12.0 Å². The lowest BCUT2D eigenvalue weighted by Gasteiger charge is -2.24. The van der Waals surface area contributed by atoms with Crippen molar-refractivity contribution in [2.45, 2.75) is 13.3 Å². The Balaban J connectivity index is 2.30. The third-order valence-corrected chi connectivity index (χ3v) is 2.18. The highest BCUT2D eigenvalue weighted by Crippen LogP contribution is 2.22. The van der Waals surface area contributed by atoms with Gasteiger partial charge in [0.05, 0.1) is 0 Å². The Kier molecular flexibility index (Phi) is 1.57. The van der Waals surface area contributed by atoms with Crippen LogP contribution in [0.3, 0.4) is 0 Å². The van der Waals surface area contributed by atoms with E-state index < -0.39 is 0 Å². The molecule has 1 nitrogen and oxygen atoms in total. The van der Waals surface area contributed by atoms with Crippen molar-refractivity contribution < 1.29 is 0 Å². The Morgan fingerprint density at radius 2 is 2.45 bits per heavy atom. The molecule has 0 aromatic heterocycles. The van der Waals surface area contributed by atoms with E-state index in [1.165, 1.54) is 11.3 Å². The molecule has 0 bridgehead atoms. The van der Waals surface area contributed by atoms with Crippen molar-refractivity contribution in [1.82, 2.24) is 5.32 Å². The van der Waals surface area contributed by atoms with Gasteiger partial charge in [0.15, 0.2) is 0 Å². The molecule has 2 rings (SSSR count). The SMILES string of the molecule is CC1C=C2CC=CC=C2NC1. The van der Waals surface area contributed by atoms with Crippen LogP contribution in [0, 0.1) is 5.92 Å². The highest BCUT2D eigenvalue weighted by Gasteiger charge is 2.13. The average molecular weight is 147 g/mol. The summed E-state index contributed by atoms with van der Waals surface area (Å²) in [5.74, 6) is 0.689. The molecule has 1 unspecified atom stereocenters. The minimum atomic E-state index is 0.689. The fraction of sp³-hybridized carbons (Fsp3) is 0.400. The molecule has 0 saturated carbocycles. The van der Waals surface area contributed by atoms with Crippen molar-refractivity contribution in [3.63, 3.8) is 0 Å². The van der Waals surface area contributed by atoms with Gasteiger partial charge in [-0.15, -0.1) is 0 Å². The van der Waals surface area contributed by atoms with E-state index in [1.807, 2.05) is 0 Å². The molecular formula is C10H13N. The number of hydrogen-bond donors (Lipinski definition) is 1. The summed E-state index contributed by atoms with van der Waals surface area (Å²) in [6.07, 6.45) is 9.95. The van der Waals surface area contributed by atoms with Crippen LogP contribution in [-0.2, 0) is 0 Å². The Morgan fingerprint density at radius 3 is 3.36 bits per heavy atom. The van der Waals surface area contributed by atoms with E-state index >= 15 is 0 Å². The molecule has 1 atom stereocenters. The molecule has 0 spiro atoms. The zero-order valence-corrected chi connectivity index (χ0v) is 6.80. The second-order valence-electron chi connectivity index (χ2n) is 3.26. The first kappa shape index (κ1) is 6.71. The molecule has 58 valence electrons. The maximum atomic E-state index is 3.41. The van der Waals surface area contributed by atoms with Gasteiger partial charge in [0.1, 0.15) is 0 Å². The third kappa shape index (κ3) is 1.23. The second kappa shape index (κ2) is 2.57. The molecule has 1 N–H and O–H groups in total. The minimum absolute atomic E-state index is 0.689. The zero-order valence-electron chi connectivity index (χ0n) is 6.80. The summed E-state index contributed by atoms with van der Waals surface area (Å²) >= 11 is 0. The highest BCUT2D eigenvalue weighted by atomic mass is 14.9. The normalized spacial score (nSPS) is 28.3. The van der Waals surface area contributed by atoms with Crippen molar-refractivity contribution in [1.29, 1.82) is 0 Å². The summed E-state index contributed by atoms with van der Waals surface area (Å²) in [7, 11) is 0. The van der Waals surface area contributed by atoms with Gasteiger partial charge in [-0.3, -0.25) is 0 Å². The number of hydrogen-bond acceptors (Lipinski definition) is 1. The lowest BCUT2D eigenvalue weighted by molar-refractivity contribution is 0.619. The fourth-order valence-corrected chi connectivity index (χ4v) is 1.58. The lowest BCUT2D eigenvalue weighted by Crippen LogP contribution is -2.26. The van der Waals surface area contributed by atoms with E-state index in [0.29, 0.717) is 5.92 Å². The number of fused-ring (bicyclic) bond motifs is 1. The minimum Gasteiger partial charge on any atom is -0.384 e. The molecule has 11 heavy (non-hydrogen) atoms. The molecule has 1 aliphatic carbocycles. The van der Waals surface area contributed by atoms with E-state index in [9.17, 15) is 0 Å². The van der Waals surface area contributed by atoms with Crippen molar-refractivity contribution in [2.24, 2.45) is 5.92 Å². The molecule has 0 aromatic rings. The smallest absolute Gasteiger partial charge is 0.0372 e. The van der Waals surface area contributed by atoms with E-state index in [2.05, 4.69) is 36.5 Å². The molecular weight excluding hydrogens is 134 g/mol. The molecule has 1 aliphatic heterocycles. The Hall–Kier alpha value is -0.980. The van der Waals surface area contributed by atoms with Crippen LogP contribution >= 0.6 is 0 Å². The van der Waals surface area contributed by atoms with Crippen molar-refractivity contribution in [3.05, 3.63) is 35.6 Å². The molecule has 0 radical (unpaired) electrons. The van der Waals surface area contributed by atoms with Gasteiger partial charge in [0.25, 0.3) is 0 Å². The van der Waals surface area contributed by atoms with Crippen LogP contribution in [0.1, 0.15) is 13.3 Å². The van der Waals surface area contributed by atoms with Gasteiger partial charge in [0.2, 0.25) is 0 Å². The fourth-order valence-electron chi connectivity index (χ4n) is 1.58. The molecule has 1 heteroatoms. The van der Waals surface area contributed by atoms with Crippen LogP contribution in [0.25, 0.3) is 0 Å². The summed E-state index contributed by atoms with van der Waals surface area (Å²) < 4.78 is 0. The van der Waals surface area contributed by atoms with Crippen LogP contribution in [0.5, 0.6) is 0 Å². The van der Waals surface area contributed by atoms with Gasteiger partial charge in [-0.05, 0) is 24.0 Å². The standard InChI is InChI=1S/C10H13N/c1-8-6-9-4-2-3-5-10(9)11-7-8/h2-3,5-6,8,11H,4,7H2,1H3. The first-order valence-electron chi connectivity index (χ1n) is 4.18. The molecule has 0 aromatic carbocycles. The molecule has 2 aliphatic rings.